The predicted molar refractivity (Wildman–Crippen MR) is 128 cm³/mol. The minimum Gasteiger partial charge on any atom is -0.322 e. The maximum Gasteiger partial charge on any atom is 0.323 e. The minimum atomic E-state index is -1.01. The van der Waals surface area contributed by atoms with Gasteiger partial charge in [0.05, 0.1) is 17.6 Å². The Balaban J connectivity index is 1.38. The third-order valence-corrected chi connectivity index (χ3v) is 5.57. The number of halogens is 2. The molecule has 0 fully saturated rings. The van der Waals surface area contributed by atoms with Gasteiger partial charge in [-0.15, -0.1) is 0 Å². The van der Waals surface area contributed by atoms with Crippen molar-refractivity contribution in [3.8, 4) is 11.1 Å². The van der Waals surface area contributed by atoms with E-state index in [1.165, 1.54) is 22.9 Å². The molecule has 0 saturated heterocycles. The summed E-state index contributed by atoms with van der Waals surface area (Å²) < 4.78 is 28.0. The van der Waals surface area contributed by atoms with Crippen LogP contribution < -0.4 is 16.6 Å². The Bertz CT molecular complexity index is 1700. The summed E-state index contributed by atoms with van der Waals surface area (Å²) in [6.45, 7) is -0.0175. The second-order valence-corrected chi connectivity index (χ2v) is 7.98. The molecule has 2 heterocycles. The highest BCUT2D eigenvalue weighted by molar-refractivity contribution is 6.04. The predicted octanol–water partition coefficient (Wildman–Crippen LogP) is 4.26. The van der Waals surface area contributed by atoms with Crippen molar-refractivity contribution >= 4 is 22.6 Å². The molecule has 5 aromatic rings. The van der Waals surface area contributed by atoms with Crippen LogP contribution >= 0.6 is 0 Å². The van der Waals surface area contributed by atoms with E-state index < -0.39 is 23.1 Å². The number of fused-ring (bicyclic) bond motifs is 1. The van der Waals surface area contributed by atoms with Gasteiger partial charge in [-0.3, -0.25) is 9.59 Å². The fraction of sp³-hybridized carbons (Fsp3) is 0.0385. The highest BCUT2D eigenvalue weighted by Gasteiger charge is 2.14. The number of benzene rings is 3. The summed E-state index contributed by atoms with van der Waals surface area (Å²) >= 11 is 0. The number of anilines is 1. The van der Waals surface area contributed by atoms with Crippen molar-refractivity contribution in [2.75, 3.05) is 5.32 Å². The number of carbonyl (C=O) groups is 1. The van der Waals surface area contributed by atoms with Crippen molar-refractivity contribution in [1.29, 1.82) is 0 Å². The van der Waals surface area contributed by atoms with E-state index in [-0.39, 0.29) is 17.8 Å². The van der Waals surface area contributed by atoms with E-state index in [0.717, 1.165) is 23.3 Å². The van der Waals surface area contributed by atoms with E-state index in [1.54, 1.807) is 30.3 Å². The number of H-pyrrole nitrogens is 2. The lowest BCUT2D eigenvalue weighted by atomic mass is 10.0. The second-order valence-electron chi connectivity index (χ2n) is 7.98. The summed E-state index contributed by atoms with van der Waals surface area (Å²) in [4.78, 5) is 42.7. The number of nitrogens with zero attached hydrogens (tertiary/aromatic N) is 1. The molecule has 0 atom stereocenters. The Hall–Kier alpha value is -4.79. The quantitative estimate of drug-likeness (QED) is 0.356. The van der Waals surface area contributed by atoms with Crippen LogP contribution in [0.25, 0.3) is 22.2 Å². The number of hydrogen-bond donors (Lipinski definition) is 3. The molecule has 0 aliphatic carbocycles. The van der Waals surface area contributed by atoms with Crippen molar-refractivity contribution in [2.45, 2.75) is 6.54 Å². The first-order chi connectivity index (χ1) is 16.9. The number of rotatable bonds is 5. The zero-order valence-corrected chi connectivity index (χ0v) is 18.1. The summed E-state index contributed by atoms with van der Waals surface area (Å²) in [5.41, 5.74) is 2.89. The molecule has 0 unspecified atom stereocenters. The number of carbonyl (C=O) groups excluding carboxylic acids is 1. The van der Waals surface area contributed by atoms with Crippen LogP contribution in [0.1, 0.15) is 15.9 Å². The molecular weight excluding hydrogens is 454 g/mol. The van der Waals surface area contributed by atoms with Gasteiger partial charge in [0.15, 0.2) is 11.6 Å². The van der Waals surface area contributed by atoms with Crippen molar-refractivity contribution in [2.24, 2.45) is 0 Å². The fourth-order valence-corrected chi connectivity index (χ4v) is 3.86. The SMILES string of the molecule is O=C(Nc1cccc(-c2ccc3[nH]c(=O)[nH]c3c2)c1)c1cccn(Cc2ccc(F)c(F)c2)c1=O. The highest BCUT2D eigenvalue weighted by atomic mass is 19.2. The highest BCUT2D eigenvalue weighted by Crippen LogP contribution is 2.25. The van der Waals surface area contributed by atoms with Crippen LogP contribution in [0.5, 0.6) is 0 Å². The Morgan fingerprint density at radius 3 is 2.46 bits per heavy atom. The van der Waals surface area contributed by atoms with Gasteiger partial charge in [0.1, 0.15) is 5.56 Å². The third kappa shape index (κ3) is 4.51. The Kier molecular flexibility index (Phi) is 5.58. The first-order valence-electron chi connectivity index (χ1n) is 10.6. The van der Waals surface area contributed by atoms with Crippen LogP contribution in [0.15, 0.2) is 88.6 Å². The van der Waals surface area contributed by atoms with E-state index >= 15 is 0 Å². The smallest absolute Gasteiger partial charge is 0.322 e. The van der Waals surface area contributed by atoms with Gasteiger partial charge < -0.3 is 19.9 Å². The second kappa shape index (κ2) is 8.86. The van der Waals surface area contributed by atoms with Crippen LogP contribution in [0.4, 0.5) is 14.5 Å². The van der Waals surface area contributed by atoms with Crippen molar-refractivity contribution in [3.05, 3.63) is 123 Å². The molecule has 9 heteroatoms. The number of nitrogens with one attached hydrogen (secondary N) is 3. The summed E-state index contributed by atoms with van der Waals surface area (Å²) in [5.74, 6) is -2.58. The van der Waals surface area contributed by atoms with E-state index in [2.05, 4.69) is 15.3 Å². The maximum atomic E-state index is 13.5. The Morgan fingerprint density at radius 1 is 0.829 bits per heavy atom. The van der Waals surface area contributed by atoms with Gasteiger partial charge in [0.2, 0.25) is 0 Å². The molecule has 2 aromatic heterocycles. The summed E-state index contributed by atoms with van der Waals surface area (Å²) in [6.07, 6.45) is 1.47. The molecule has 1 amide bonds. The van der Waals surface area contributed by atoms with Crippen LogP contribution in [0, 0.1) is 11.6 Å². The molecule has 7 nitrogen and oxygen atoms in total. The molecule has 0 saturated carbocycles. The topological polar surface area (TPSA) is 99.8 Å². The zero-order chi connectivity index (χ0) is 24.5. The van der Waals surface area contributed by atoms with Gasteiger partial charge in [-0.1, -0.05) is 24.3 Å². The summed E-state index contributed by atoms with van der Waals surface area (Å²) in [5, 5.41) is 2.73. The summed E-state index contributed by atoms with van der Waals surface area (Å²) in [6, 6.07) is 18.9. The first kappa shape index (κ1) is 22.0. The lowest BCUT2D eigenvalue weighted by Gasteiger charge is -2.10. The van der Waals surface area contributed by atoms with Gasteiger partial charge in [-0.25, -0.2) is 13.6 Å². The van der Waals surface area contributed by atoms with Gasteiger partial charge in [0, 0.05) is 11.9 Å². The number of aromatic amines is 2. The number of amides is 1. The van der Waals surface area contributed by atoms with Gasteiger partial charge in [-0.05, 0) is 65.2 Å². The van der Waals surface area contributed by atoms with E-state index in [0.29, 0.717) is 22.3 Å². The first-order valence-corrected chi connectivity index (χ1v) is 10.6. The zero-order valence-electron chi connectivity index (χ0n) is 18.1. The lowest BCUT2D eigenvalue weighted by molar-refractivity contribution is 0.102. The van der Waals surface area contributed by atoms with Crippen LogP contribution in [-0.4, -0.2) is 20.4 Å². The van der Waals surface area contributed by atoms with E-state index in [9.17, 15) is 23.2 Å². The average Bonchev–Trinajstić information content (AvgIpc) is 3.22. The molecule has 174 valence electrons. The molecule has 0 aliphatic heterocycles. The monoisotopic (exact) mass is 472 g/mol. The van der Waals surface area contributed by atoms with Gasteiger partial charge in [0.25, 0.3) is 11.5 Å². The number of imidazole rings is 1. The molecule has 0 bridgehead atoms. The molecule has 5 rings (SSSR count). The third-order valence-electron chi connectivity index (χ3n) is 5.57. The molecule has 35 heavy (non-hydrogen) atoms. The molecular formula is C26H18F2N4O3. The minimum absolute atomic E-state index is 0.0175. The van der Waals surface area contributed by atoms with E-state index in [4.69, 9.17) is 0 Å². The van der Waals surface area contributed by atoms with Gasteiger partial charge >= 0.3 is 5.69 Å². The van der Waals surface area contributed by atoms with Crippen LogP contribution in [-0.2, 0) is 6.54 Å². The van der Waals surface area contributed by atoms with Crippen LogP contribution in [0.2, 0.25) is 0 Å². The molecule has 0 radical (unpaired) electrons. The van der Waals surface area contributed by atoms with Gasteiger partial charge in [-0.2, -0.15) is 0 Å². The van der Waals surface area contributed by atoms with E-state index in [1.807, 2.05) is 18.2 Å². The molecule has 3 N–H and O–H groups in total. The summed E-state index contributed by atoms with van der Waals surface area (Å²) in [7, 11) is 0. The lowest BCUT2D eigenvalue weighted by Crippen LogP contribution is -2.29. The number of hydrogen-bond acceptors (Lipinski definition) is 3. The van der Waals surface area contributed by atoms with Crippen molar-refractivity contribution in [1.82, 2.24) is 14.5 Å². The van der Waals surface area contributed by atoms with Crippen molar-refractivity contribution in [3.63, 3.8) is 0 Å². The molecule has 3 aromatic carbocycles. The largest absolute Gasteiger partial charge is 0.323 e. The standard InChI is InChI=1S/C26H18F2N4O3/c27-20-8-6-15(11-21(20)28)14-32-10-2-5-19(25(32)34)24(33)29-18-4-1-3-16(12-18)17-7-9-22-23(13-17)31-26(35)30-22/h1-13H,14H2,(H,29,33)(H2,30,31,35). The normalized spacial score (nSPS) is 11.0. The average molecular weight is 472 g/mol. The molecule has 0 spiro atoms. The fourth-order valence-electron chi connectivity index (χ4n) is 3.86. The number of aromatic nitrogens is 3. The van der Waals surface area contributed by atoms with Crippen molar-refractivity contribution < 1.29 is 13.6 Å². The Morgan fingerprint density at radius 2 is 1.63 bits per heavy atom. The molecule has 0 aliphatic rings. The maximum absolute atomic E-state index is 13.5. The van der Waals surface area contributed by atoms with Crippen LogP contribution in [0.3, 0.4) is 0 Å². The number of pyridine rings is 1. The Labute approximate surface area is 196 Å².